The van der Waals surface area contributed by atoms with Gasteiger partial charge in [-0.05, 0) is 0 Å². The number of hydrogen-bond donors (Lipinski definition) is 0. The monoisotopic (exact) mass is 298 g/mol. The summed E-state index contributed by atoms with van der Waals surface area (Å²) in [6, 6.07) is 8.19. The van der Waals surface area contributed by atoms with E-state index in [1.165, 1.54) is 5.56 Å². The van der Waals surface area contributed by atoms with Gasteiger partial charge in [0.2, 0.25) is 0 Å². The van der Waals surface area contributed by atoms with E-state index < -0.39 is 8.56 Å². The fourth-order valence-corrected chi connectivity index (χ4v) is 3.73. The van der Waals surface area contributed by atoms with Crippen molar-refractivity contribution in [3.05, 3.63) is 35.4 Å². The van der Waals surface area contributed by atoms with Crippen LogP contribution in [-0.4, -0.2) is 19.7 Å². The Morgan fingerprint density at radius 2 is 1.94 bits per heavy atom. The first-order valence-electron chi connectivity index (χ1n) is 5.82. The molecule has 0 unspecified atom stereocenters. The van der Waals surface area contributed by atoms with Crippen molar-refractivity contribution in [2.45, 2.75) is 26.4 Å². The van der Waals surface area contributed by atoms with Crippen LogP contribution in [0.4, 0.5) is 0 Å². The topological polar surface area (TPSA) is 18.5 Å². The van der Waals surface area contributed by atoms with Crippen molar-refractivity contribution in [3.63, 3.8) is 0 Å². The Balaban J connectivity index is 2.58. The van der Waals surface area contributed by atoms with E-state index >= 15 is 0 Å². The van der Waals surface area contributed by atoms with Crippen LogP contribution in [0, 0.1) is 19.3 Å². The molecule has 0 atom stereocenters. The van der Waals surface area contributed by atoms with Gasteiger partial charge in [-0.15, -0.1) is 0 Å². The minimum atomic E-state index is -2.16. The number of aryl methyl sites for hydroxylation is 1. The molecule has 0 aliphatic carbocycles. The molecule has 1 rings (SSSR count). The van der Waals surface area contributed by atoms with E-state index in [-0.39, 0.29) is 0 Å². The van der Waals surface area contributed by atoms with E-state index in [0.29, 0.717) is 13.0 Å². The Labute approximate surface area is 119 Å². The molecule has 0 bridgehead atoms. The predicted molar refractivity (Wildman–Crippen MR) is 73.3 cm³/mol. The summed E-state index contributed by atoms with van der Waals surface area (Å²) in [5.41, 5.74) is 2.27. The average Bonchev–Trinajstić information content (AvgIpc) is 2.29. The van der Waals surface area contributed by atoms with Crippen molar-refractivity contribution in [1.29, 1.82) is 0 Å². The number of terminal acetylenes is 1. The van der Waals surface area contributed by atoms with Crippen LogP contribution in [0.1, 0.15) is 17.5 Å². The predicted octanol–water partition coefficient (Wildman–Crippen LogP) is 2.78. The van der Waals surface area contributed by atoms with Crippen LogP contribution >= 0.6 is 0 Å². The summed E-state index contributed by atoms with van der Waals surface area (Å²) in [6.45, 7) is 6.63. The van der Waals surface area contributed by atoms with Gasteiger partial charge in [0.25, 0.3) is 0 Å². The summed E-state index contributed by atoms with van der Waals surface area (Å²) < 4.78 is 12.4. The van der Waals surface area contributed by atoms with Crippen molar-refractivity contribution >= 4 is 13.1 Å². The molecule has 18 heavy (non-hydrogen) atoms. The molecule has 1 aromatic carbocycles. The number of benzene rings is 1. The molecule has 0 aliphatic rings. The Morgan fingerprint density at radius 1 is 1.33 bits per heavy atom. The van der Waals surface area contributed by atoms with Crippen molar-refractivity contribution in [2.75, 3.05) is 6.61 Å². The van der Waals surface area contributed by atoms with E-state index in [4.69, 9.17) is 15.3 Å². The van der Waals surface area contributed by atoms with E-state index in [0.717, 1.165) is 10.1 Å². The molecule has 0 fully saturated rings. The minimum absolute atomic E-state index is 0.552. The SMILES string of the molecule is C#CCCO[Si](C)(C)O[C](=[Cr])c1ccc(C)cc1. The number of hydrogen-bond acceptors (Lipinski definition) is 2. The molecule has 2 nitrogen and oxygen atoms in total. The Bertz CT molecular complexity index is 446. The zero-order chi connectivity index (χ0) is 13.6. The molecule has 0 aliphatic heterocycles. The molecule has 0 heterocycles. The molecule has 0 spiro atoms. The van der Waals surface area contributed by atoms with Gasteiger partial charge in [0.1, 0.15) is 0 Å². The maximum atomic E-state index is 5.92. The first kappa shape index (κ1) is 15.4. The van der Waals surface area contributed by atoms with E-state index in [9.17, 15) is 0 Å². The first-order valence-corrected chi connectivity index (χ1v) is 9.27. The Kier molecular flexibility index (Phi) is 6.02. The molecule has 0 aromatic heterocycles. The van der Waals surface area contributed by atoms with Crippen LogP contribution in [0.5, 0.6) is 0 Å². The molecule has 0 radical (unpaired) electrons. The van der Waals surface area contributed by atoms with Gasteiger partial charge in [0.15, 0.2) is 0 Å². The van der Waals surface area contributed by atoms with Crippen LogP contribution < -0.4 is 0 Å². The summed E-state index contributed by atoms with van der Waals surface area (Å²) in [6.07, 6.45) is 5.82. The van der Waals surface area contributed by atoms with Crippen LogP contribution in [0.15, 0.2) is 24.3 Å². The third-order valence-electron chi connectivity index (χ3n) is 2.32. The van der Waals surface area contributed by atoms with Gasteiger partial charge in [-0.3, -0.25) is 0 Å². The van der Waals surface area contributed by atoms with E-state index in [2.05, 4.69) is 40.8 Å². The summed E-state index contributed by atoms with van der Waals surface area (Å²) in [5.74, 6) is 2.56. The van der Waals surface area contributed by atoms with Gasteiger partial charge in [-0.1, -0.05) is 0 Å². The van der Waals surface area contributed by atoms with Gasteiger partial charge in [0.05, 0.1) is 0 Å². The van der Waals surface area contributed by atoms with Crippen LogP contribution in [-0.2, 0) is 24.7 Å². The van der Waals surface area contributed by atoms with E-state index in [1.807, 2.05) is 25.2 Å². The van der Waals surface area contributed by atoms with Gasteiger partial charge in [0, 0.05) is 0 Å². The quantitative estimate of drug-likeness (QED) is 0.457. The normalized spacial score (nSPS) is 11.0. The molecule has 96 valence electrons. The molecule has 0 saturated heterocycles. The van der Waals surface area contributed by atoms with Crippen molar-refractivity contribution < 1.29 is 24.7 Å². The molecular weight excluding hydrogens is 280 g/mol. The Morgan fingerprint density at radius 3 is 2.50 bits per heavy atom. The molecule has 0 amide bonds. The second kappa shape index (κ2) is 7.04. The second-order valence-electron chi connectivity index (χ2n) is 4.46. The van der Waals surface area contributed by atoms with Crippen LogP contribution in [0.2, 0.25) is 13.1 Å². The molecule has 4 heteroatoms. The molecule has 0 N–H and O–H groups in total. The fourth-order valence-electron chi connectivity index (χ4n) is 1.36. The Hall–Kier alpha value is -0.681. The average molecular weight is 298 g/mol. The second-order valence-corrected chi connectivity index (χ2v) is 8.33. The van der Waals surface area contributed by atoms with Crippen LogP contribution in [0.3, 0.4) is 0 Å². The molecular formula is C14H18CrO2Si. The van der Waals surface area contributed by atoms with Crippen molar-refractivity contribution in [1.82, 2.24) is 0 Å². The maximum absolute atomic E-state index is 5.92. The third-order valence-corrected chi connectivity index (χ3v) is 4.66. The van der Waals surface area contributed by atoms with Gasteiger partial charge in [-0.25, -0.2) is 0 Å². The van der Waals surface area contributed by atoms with Gasteiger partial charge < -0.3 is 0 Å². The molecule has 0 saturated carbocycles. The summed E-state index contributed by atoms with van der Waals surface area (Å²) in [5, 5.41) is 0. The zero-order valence-corrected chi connectivity index (χ0v) is 13.3. The first-order chi connectivity index (χ1) is 8.44. The van der Waals surface area contributed by atoms with Crippen molar-refractivity contribution in [2.24, 2.45) is 0 Å². The van der Waals surface area contributed by atoms with Crippen LogP contribution in [0.25, 0.3) is 0 Å². The summed E-state index contributed by atoms with van der Waals surface area (Å²) in [7, 11) is -2.16. The summed E-state index contributed by atoms with van der Waals surface area (Å²) in [4.78, 5) is 0. The van der Waals surface area contributed by atoms with E-state index in [1.54, 1.807) is 0 Å². The fraction of sp³-hybridized carbons (Fsp3) is 0.357. The summed E-state index contributed by atoms with van der Waals surface area (Å²) >= 11 is 2.97. The third kappa shape index (κ3) is 5.31. The van der Waals surface area contributed by atoms with Gasteiger partial charge >= 0.3 is 119 Å². The van der Waals surface area contributed by atoms with Gasteiger partial charge in [-0.2, -0.15) is 0 Å². The standard InChI is InChI=1S/C14H18O2Si.Cr/c1-5-6-11-15-17(3,4)16-12-14-9-7-13(2)8-10-14;/h1,7-10H,6,11H2,2-4H3;. The molecule has 1 aromatic rings. The zero-order valence-electron chi connectivity index (χ0n) is 11.0. The van der Waals surface area contributed by atoms with Crippen molar-refractivity contribution in [3.8, 4) is 12.3 Å². The number of rotatable bonds is 6.